The summed E-state index contributed by atoms with van der Waals surface area (Å²) < 4.78 is 17.7. The predicted octanol–water partition coefficient (Wildman–Crippen LogP) is 5.82. The monoisotopic (exact) mass is 479 g/mol. The van der Waals surface area contributed by atoms with Gasteiger partial charge in [-0.15, -0.1) is 17.9 Å². The smallest absolute Gasteiger partial charge is 0.493 e. The zero-order chi connectivity index (χ0) is 24.7. The molecule has 0 saturated heterocycles. The fourth-order valence-electron chi connectivity index (χ4n) is 2.92. The van der Waals surface area contributed by atoms with Gasteiger partial charge in [-0.2, -0.15) is 5.10 Å². The molecule has 0 amide bonds. The lowest BCUT2D eigenvalue weighted by Gasteiger charge is -2.19. The summed E-state index contributed by atoms with van der Waals surface area (Å²) in [5.41, 5.74) is 3.26. The molecule has 0 saturated carbocycles. The van der Waals surface area contributed by atoms with Crippen LogP contribution in [0.5, 0.6) is 11.5 Å². The number of ether oxygens (including phenoxy) is 3. The minimum atomic E-state index is -0.794. The molecular weight excluding hydrogens is 450 g/mol. The van der Waals surface area contributed by atoms with Gasteiger partial charge in [-0.1, -0.05) is 35.9 Å². The molecule has 7 nitrogen and oxygen atoms in total. The van der Waals surface area contributed by atoms with E-state index in [0.29, 0.717) is 12.3 Å². The van der Waals surface area contributed by atoms with Gasteiger partial charge in [0.15, 0.2) is 11.5 Å². The van der Waals surface area contributed by atoms with E-state index in [1.165, 1.54) is 24.0 Å². The molecule has 0 bridgehead atoms. The number of aromatic nitrogens is 1. The standard InChI is InChI=1S/C26H29N3O4S/c1-7-14-27-24-29(21(17-34-24)20-11-8-18(2)9-12-20)28-16-19-10-13-22(23(15-19)31-6)32-25(30)33-26(3,4)5/h7-13,15-17H,1,14H2,2-6H3. The Morgan fingerprint density at radius 2 is 1.88 bits per heavy atom. The van der Waals surface area contributed by atoms with E-state index in [1.54, 1.807) is 55.9 Å². The van der Waals surface area contributed by atoms with Crippen LogP contribution in [0.25, 0.3) is 11.3 Å². The average Bonchev–Trinajstić information content (AvgIpc) is 3.18. The average molecular weight is 480 g/mol. The molecule has 0 spiro atoms. The van der Waals surface area contributed by atoms with Crippen molar-refractivity contribution in [1.82, 2.24) is 4.68 Å². The molecule has 0 N–H and O–H groups in total. The molecule has 34 heavy (non-hydrogen) atoms. The van der Waals surface area contributed by atoms with E-state index >= 15 is 0 Å². The van der Waals surface area contributed by atoms with Crippen LogP contribution in [0.1, 0.15) is 31.9 Å². The Morgan fingerprint density at radius 3 is 2.53 bits per heavy atom. The van der Waals surface area contributed by atoms with Crippen LogP contribution in [-0.4, -0.2) is 36.3 Å². The van der Waals surface area contributed by atoms with Gasteiger partial charge in [0.25, 0.3) is 0 Å². The fourth-order valence-corrected chi connectivity index (χ4v) is 3.77. The number of nitrogens with zero attached hydrogens (tertiary/aromatic N) is 3. The highest BCUT2D eigenvalue weighted by molar-refractivity contribution is 7.07. The van der Waals surface area contributed by atoms with Crippen molar-refractivity contribution >= 4 is 23.7 Å². The van der Waals surface area contributed by atoms with Gasteiger partial charge in [0.2, 0.25) is 4.80 Å². The molecule has 178 valence electrons. The van der Waals surface area contributed by atoms with Crippen molar-refractivity contribution in [3.63, 3.8) is 0 Å². The molecular formula is C26H29N3O4S. The van der Waals surface area contributed by atoms with Crippen molar-refractivity contribution in [3.8, 4) is 22.8 Å². The number of thiazole rings is 1. The Hall–Kier alpha value is -3.65. The number of benzene rings is 2. The summed E-state index contributed by atoms with van der Waals surface area (Å²) in [6, 6.07) is 13.4. The molecule has 2 aromatic carbocycles. The van der Waals surface area contributed by atoms with Gasteiger partial charge >= 0.3 is 6.16 Å². The summed E-state index contributed by atoms with van der Waals surface area (Å²) >= 11 is 1.51. The second-order valence-electron chi connectivity index (χ2n) is 8.43. The van der Waals surface area contributed by atoms with Crippen molar-refractivity contribution in [2.24, 2.45) is 10.1 Å². The van der Waals surface area contributed by atoms with E-state index in [-0.39, 0.29) is 5.75 Å². The van der Waals surface area contributed by atoms with Crippen molar-refractivity contribution in [2.45, 2.75) is 33.3 Å². The van der Waals surface area contributed by atoms with Gasteiger partial charge in [-0.05, 0) is 51.5 Å². The highest BCUT2D eigenvalue weighted by Crippen LogP contribution is 2.28. The summed E-state index contributed by atoms with van der Waals surface area (Å²) in [4.78, 5) is 17.4. The minimum absolute atomic E-state index is 0.263. The van der Waals surface area contributed by atoms with E-state index in [2.05, 4.69) is 47.9 Å². The quantitative estimate of drug-likeness (QED) is 0.185. The Kier molecular flexibility index (Phi) is 8.07. The maximum atomic E-state index is 12.0. The molecule has 3 aromatic rings. The number of rotatable bonds is 7. The van der Waals surface area contributed by atoms with Gasteiger partial charge < -0.3 is 14.2 Å². The molecule has 0 radical (unpaired) electrons. The molecule has 0 fully saturated rings. The highest BCUT2D eigenvalue weighted by atomic mass is 32.1. The van der Waals surface area contributed by atoms with Crippen molar-refractivity contribution < 1.29 is 19.0 Å². The van der Waals surface area contributed by atoms with Gasteiger partial charge in [0.1, 0.15) is 5.60 Å². The molecule has 0 aliphatic heterocycles. The third-order valence-electron chi connectivity index (χ3n) is 4.48. The Bertz CT molecular complexity index is 1250. The van der Waals surface area contributed by atoms with E-state index in [0.717, 1.165) is 21.6 Å². The normalized spacial score (nSPS) is 12.1. The van der Waals surface area contributed by atoms with Crippen molar-refractivity contribution in [2.75, 3.05) is 13.7 Å². The van der Waals surface area contributed by atoms with E-state index in [4.69, 9.17) is 14.2 Å². The summed E-state index contributed by atoms with van der Waals surface area (Å²) in [5, 5.41) is 6.72. The zero-order valence-corrected chi connectivity index (χ0v) is 20.9. The van der Waals surface area contributed by atoms with Gasteiger partial charge in [-0.25, -0.2) is 9.47 Å². The molecule has 1 aromatic heterocycles. The second-order valence-corrected chi connectivity index (χ2v) is 9.27. The topological polar surface area (TPSA) is 74.4 Å². The van der Waals surface area contributed by atoms with Crippen molar-refractivity contribution in [1.29, 1.82) is 0 Å². The Morgan fingerprint density at radius 1 is 1.15 bits per heavy atom. The highest BCUT2D eigenvalue weighted by Gasteiger charge is 2.19. The van der Waals surface area contributed by atoms with E-state index in [9.17, 15) is 4.79 Å². The number of hydrogen-bond acceptors (Lipinski definition) is 7. The molecule has 8 heteroatoms. The molecule has 1 heterocycles. The van der Waals surface area contributed by atoms with Gasteiger partial charge in [0, 0.05) is 10.9 Å². The van der Waals surface area contributed by atoms with E-state index < -0.39 is 11.8 Å². The maximum Gasteiger partial charge on any atom is 0.514 e. The van der Waals surface area contributed by atoms with E-state index in [1.807, 2.05) is 5.38 Å². The third kappa shape index (κ3) is 6.68. The summed E-state index contributed by atoms with van der Waals surface area (Å²) in [5.74, 6) is 0.652. The third-order valence-corrected chi connectivity index (χ3v) is 5.34. The van der Waals surface area contributed by atoms with Crippen molar-refractivity contribution in [3.05, 3.63) is 76.4 Å². The number of carbonyl (C=O) groups is 1. The Balaban J connectivity index is 1.92. The maximum absolute atomic E-state index is 12.0. The minimum Gasteiger partial charge on any atom is -0.493 e. The first-order chi connectivity index (χ1) is 16.2. The van der Waals surface area contributed by atoms with Gasteiger partial charge in [-0.3, -0.25) is 4.99 Å². The fraction of sp³-hybridized carbons (Fsp3) is 0.269. The molecule has 3 rings (SSSR count). The number of hydrogen-bond donors (Lipinski definition) is 0. The summed E-state index contributed by atoms with van der Waals surface area (Å²) in [7, 11) is 1.51. The number of carbonyl (C=O) groups excluding carboxylic acids is 1. The SMILES string of the molecule is C=CCN=c1scc(-c2ccc(C)cc2)n1N=Cc1ccc(OC(=O)OC(C)(C)C)c(OC)c1. The van der Waals surface area contributed by atoms with Crippen LogP contribution in [0.3, 0.4) is 0 Å². The molecule has 0 atom stereocenters. The summed E-state index contributed by atoms with van der Waals surface area (Å²) in [6.07, 6.45) is 2.65. The molecule has 0 aliphatic rings. The number of aryl methyl sites for hydroxylation is 1. The zero-order valence-electron chi connectivity index (χ0n) is 20.1. The van der Waals surface area contributed by atoms with Crippen LogP contribution in [0, 0.1) is 6.92 Å². The molecule has 0 aliphatic carbocycles. The van der Waals surface area contributed by atoms with Crippen LogP contribution >= 0.6 is 11.3 Å². The number of methoxy groups -OCH3 is 1. The lowest BCUT2D eigenvalue weighted by molar-refractivity contribution is 0.0201. The largest absolute Gasteiger partial charge is 0.514 e. The van der Waals surface area contributed by atoms with Crippen LogP contribution in [0.15, 0.2) is 70.6 Å². The van der Waals surface area contributed by atoms with Crippen LogP contribution in [0.2, 0.25) is 0 Å². The first kappa shape index (κ1) is 25.0. The lowest BCUT2D eigenvalue weighted by atomic mass is 10.1. The van der Waals surface area contributed by atoms with Crippen LogP contribution < -0.4 is 14.3 Å². The van der Waals surface area contributed by atoms with Crippen LogP contribution in [0.4, 0.5) is 4.79 Å². The predicted molar refractivity (Wildman–Crippen MR) is 136 cm³/mol. The lowest BCUT2D eigenvalue weighted by Crippen LogP contribution is -2.26. The second kappa shape index (κ2) is 11.0. The molecule has 0 unspecified atom stereocenters. The first-order valence-electron chi connectivity index (χ1n) is 10.7. The Labute approximate surface area is 203 Å². The first-order valence-corrected chi connectivity index (χ1v) is 11.6. The summed E-state index contributed by atoms with van der Waals surface area (Å²) in [6.45, 7) is 11.6. The van der Waals surface area contributed by atoms with Gasteiger partial charge in [0.05, 0.1) is 25.6 Å². The van der Waals surface area contributed by atoms with Crippen LogP contribution in [-0.2, 0) is 4.74 Å².